The van der Waals surface area contributed by atoms with Gasteiger partial charge in [0.1, 0.15) is 11.6 Å². The molecular weight excluding hydrogens is 262 g/mol. The van der Waals surface area contributed by atoms with Crippen LogP contribution in [0.1, 0.15) is 68.6 Å². The summed E-state index contributed by atoms with van der Waals surface area (Å²) in [5.41, 5.74) is 8.09. The van der Waals surface area contributed by atoms with Crippen LogP contribution in [0.3, 0.4) is 0 Å². The zero-order valence-corrected chi connectivity index (χ0v) is 12.6. The van der Waals surface area contributed by atoms with Crippen LogP contribution in [0.4, 0.5) is 0 Å². The van der Waals surface area contributed by atoms with Gasteiger partial charge in [-0.1, -0.05) is 49.9 Å². The third-order valence-electron chi connectivity index (χ3n) is 4.97. The maximum atomic E-state index is 12.6. The highest BCUT2D eigenvalue weighted by atomic mass is 16.5. The van der Waals surface area contributed by atoms with Gasteiger partial charge in [-0.15, -0.1) is 0 Å². The molecule has 2 aliphatic rings. The number of fused-ring (bicyclic) bond motifs is 1. The van der Waals surface area contributed by atoms with Crippen LogP contribution in [-0.2, 0) is 16.0 Å². The summed E-state index contributed by atoms with van der Waals surface area (Å²) >= 11 is 0. The van der Waals surface area contributed by atoms with Crippen LogP contribution in [0.15, 0.2) is 24.3 Å². The molecule has 0 spiro atoms. The molecule has 1 aromatic carbocycles. The molecule has 2 N–H and O–H groups in total. The molecule has 21 heavy (non-hydrogen) atoms. The van der Waals surface area contributed by atoms with Gasteiger partial charge in [-0.2, -0.15) is 0 Å². The van der Waals surface area contributed by atoms with Crippen molar-refractivity contribution in [3.63, 3.8) is 0 Å². The van der Waals surface area contributed by atoms with Gasteiger partial charge in [0.05, 0.1) is 0 Å². The highest BCUT2D eigenvalue weighted by molar-refractivity contribution is 5.80. The molecule has 1 saturated carbocycles. The first-order valence-corrected chi connectivity index (χ1v) is 8.27. The lowest BCUT2D eigenvalue weighted by Crippen LogP contribution is -2.49. The van der Waals surface area contributed by atoms with Crippen molar-refractivity contribution >= 4 is 5.97 Å². The van der Waals surface area contributed by atoms with Crippen LogP contribution in [0, 0.1) is 0 Å². The van der Waals surface area contributed by atoms with Crippen LogP contribution in [0.5, 0.6) is 0 Å². The third-order valence-corrected chi connectivity index (χ3v) is 4.97. The van der Waals surface area contributed by atoms with E-state index < -0.39 is 5.54 Å². The van der Waals surface area contributed by atoms with E-state index in [1.165, 1.54) is 24.0 Å². The molecule has 0 radical (unpaired) electrons. The number of carbonyl (C=O) groups is 1. The minimum Gasteiger partial charge on any atom is -0.456 e. The van der Waals surface area contributed by atoms with Gasteiger partial charge in [-0.05, 0) is 43.2 Å². The summed E-state index contributed by atoms with van der Waals surface area (Å²) in [5, 5.41) is 0. The fourth-order valence-corrected chi connectivity index (χ4v) is 3.64. The standard InChI is InChI=1S/C18H25NO2/c19-18(12-5-1-2-6-13-18)17(20)21-16-11-7-9-14-8-3-4-10-15(14)16/h3-4,8,10,16H,1-2,5-7,9,11-13,19H2. The molecule has 0 bridgehead atoms. The minimum absolute atomic E-state index is 0.105. The number of hydrogen-bond acceptors (Lipinski definition) is 3. The molecule has 1 unspecified atom stereocenters. The van der Waals surface area contributed by atoms with Crippen LogP contribution in [0.25, 0.3) is 0 Å². The van der Waals surface area contributed by atoms with Crippen molar-refractivity contribution < 1.29 is 9.53 Å². The molecule has 0 aromatic heterocycles. The van der Waals surface area contributed by atoms with Crippen molar-refractivity contribution in [3.05, 3.63) is 35.4 Å². The number of nitrogens with two attached hydrogens (primary N) is 1. The lowest BCUT2D eigenvalue weighted by atomic mass is 9.88. The Balaban J connectivity index is 1.73. The van der Waals surface area contributed by atoms with Crippen molar-refractivity contribution in [3.8, 4) is 0 Å². The third kappa shape index (κ3) is 3.13. The zero-order chi connectivity index (χ0) is 14.7. The fourth-order valence-electron chi connectivity index (χ4n) is 3.64. The van der Waals surface area contributed by atoms with Crippen molar-refractivity contribution in [2.24, 2.45) is 5.73 Å². The largest absolute Gasteiger partial charge is 0.456 e. The first-order valence-electron chi connectivity index (χ1n) is 8.27. The molecule has 3 rings (SSSR count). The maximum absolute atomic E-state index is 12.6. The summed E-state index contributed by atoms with van der Waals surface area (Å²) in [7, 11) is 0. The molecule has 3 heteroatoms. The van der Waals surface area contributed by atoms with Gasteiger partial charge in [0.25, 0.3) is 0 Å². The summed E-state index contributed by atoms with van der Waals surface area (Å²) in [4.78, 5) is 12.6. The Morgan fingerprint density at radius 3 is 2.57 bits per heavy atom. The van der Waals surface area contributed by atoms with Crippen molar-refractivity contribution in [1.82, 2.24) is 0 Å². The van der Waals surface area contributed by atoms with E-state index in [2.05, 4.69) is 18.2 Å². The van der Waals surface area contributed by atoms with Crippen LogP contribution in [0.2, 0.25) is 0 Å². The van der Waals surface area contributed by atoms with Crippen molar-refractivity contribution in [2.45, 2.75) is 69.4 Å². The van der Waals surface area contributed by atoms with E-state index in [4.69, 9.17) is 10.5 Å². The van der Waals surface area contributed by atoms with Gasteiger partial charge >= 0.3 is 5.97 Å². The van der Waals surface area contributed by atoms with E-state index in [0.717, 1.165) is 44.9 Å². The summed E-state index contributed by atoms with van der Waals surface area (Å²) in [6, 6.07) is 8.30. The van der Waals surface area contributed by atoms with E-state index >= 15 is 0 Å². The molecule has 0 saturated heterocycles. The SMILES string of the molecule is NC1(C(=O)OC2CCCc3ccccc32)CCCCCC1. The summed E-state index contributed by atoms with van der Waals surface area (Å²) in [6.45, 7) is 0. The predicted octanol–water partition coefficient (Wildman–Crippen LogP) is 3.66. The molecule has 0 heterocycles. The second-order valence-corrected chi connectivity index (χ2v) is 6.56. The van der Waals surface area contributed by atoms with Gasteiger partial charge in [0, 0.05) is 0 Å². The van der Waals surface area contributed by atoms with E-state index in [1.54, 1.807) is 0 Å². The zero-order valence-electron chi connectivity index (χ0n) is 12.6. The summed E-state index contributed by atoms with van der Waals surface area (Å²) in [5.74, 6) is -0.189. The average molecular weight is 287 g/mol. The number of carbonyl (C=O) groups excluding carboxylic acids is 1. The van der Waals surface area contributed by atoms with E-state index in [-0.39, 0.29) is 12.1 Å². The Bertz CT molecular complexity index is 504. The molecule has 114 valence electrons. The normalized spacial score (nSPS) is 24.7. The van der Waals surface area contributed by atoms with Gasteiger partial charge in [-0.3, -0.25) is 4.79 Å². The predicted molar refractivity (Wildman–Crippen MR) is 82.8 cm³/mol. The smallest absolute Gasteiger partial charge is 0.326 e. The fraction of sp³-hybridized carbons (Fsp3) is 0.611. The molecule has 0 aliphatic heterocycles. The Kier molecular flexibility index (Phi) is 4.29. The Morgan fingerprint density at radius 1 is 1.10 bits per heavy atom. The lowest BCUT2D eigenvalue weighted by Gasteiger charge is -2.31. The number of benzene rings is 1. The first-order chi connectivity index (χ1) is 10.2. The number of aryl methyl sites for hydroxylation is 1. The second kappa shape index (κ2) is 6.18. The molecule has 3 nitrogen and oxygen atoms in total. The minimum atomic E-state index is -0.761. The van der Waals surface area contributed by atoms with Gasteiger partial charge in [0.2, 0.25) is 0 Å². The first kappa shape index (κ1) is 14.6. The molecule has 2 aliphatic carbocycles. The molecule has 1 atom stereocenters. The molecular formula is C18H25NO2. The number of ether oxygens (including phenoxy) is 1. The summed E-state index contributed by atoms with van der Waals surface area (Å²) in [6.07, 6.45) is 8.92. The van der Waals surface area contributed by atoms with Gasteiger partial charge < -0.3 is 10.5 Å². The molecule has 1 fully saturated rings. The Hall–Kier alpha value is -1.35. The Morgan fingerprint density at radius 2 is 1.81 bits per heavy atom. The van der Waals surface area contributed by atoms with E-state index in [9.17, 15) is 4.79 Å². The van der Waals surface area contributed by atoms with Crippen molar-refractivity contribution in [1.29, 1.82) is 0 Å². The molecule has 0 amide bonds. The monoisotopic (exact) mass is 287 g/mol. The van der Waals surface area contributed by atoms with Crippen molar-refractivity contribution in [2.75, 3.05) is 0 Å². The van der Waals surface area contributed by atoms with Crippen LogP contribution < -0.4 is 5.73 Å². The van der Waals surface area contributed by atoms with Gasteiger partial charge in [-0.25, -0.2) is 0 Å². The highest BCUT2D eigenvalue weighted by Crippen LogP contribution is 2.35. The topological polar surface area (TPSA) is 52.3 Å². The molecule has 1 aromatic rings. The number of rotatable bonds is 2. The maximum Gasteiger partial charge on any atom is 0.326 e. The van der Waals surface area contributed by atoms with E-state index in [0.29, 0.717) is 0 Å². The lowest BCUT2D eigenvalue weighted by molar-refractivity contribution is -0.157. The Labute approximate surface area is 126 Å². The second-order valence-electron chi connectivity index (χ2n) is 6.56. The quantitative estimate of drug-likeness (QED) is 0.667. The average Bonchev–Trinajstić information content (AvgIpc) is 2.73. The van der Waals surface area contributed by atoms with Gasteiger partial charge in [0.15, 0.2) is 0 Å². The van der Waals surface area contributed by atoms with Crippen LogP contribution in [-0.4, -0.2) is 11.5 Å². The highest BCUT2D eigenvalue weighted by Gasteiger charge is 2.38. The number of hydrogen-bond donors (Lipinski definition) is 1. The van der Waals surface area contributed by atoms with E-state index in [1.807, 2.05) is 6.07 Å². The number of esters is 1. The van der Waals surface area contributed by atoms with Crippen LogP contribution >= 0.6 is 0 Å². The summed E-state index contributed by atoms with van der Waals surface area (Å²) < 4.78 is 5.85.